The molecule has 2 aromatic heterocycles. The van der Waals surface area contributed by atoms with Gasteiger partial charge in [-0.25, -0.2) is 9.37 Å². The predicted octanol–water partition coefficient (Wildman–Crippen LogP) is 5.98. The minimum absolute atomic E-state index is 0.0175. The van der Waals surface area contributed by atoms with Crippen molar-refractivity contribution in [3.63, 3.8) is 0 Å². The van der Waals surface area contributed by atoms with Crippen LogP contribution in [0.4, 0.5) is 10.3 Å². The molecule has 0 bridgehead atoms. The maximum atomic E-state index is 13.9. The van der Waals surface area contributed by atoms with Crippen LogP contribution in [0, 0.1) is 5.82 Å². The molecule has 11 heteroatoms. The molecule has 3 heterocycles. The maximum Gasteiger partial charge on any atom is 0.257 e. The van der Waals surface area contributed by atoms with Crippen LogP contribution in [-0.2, 0) is 6.54 Å². The maximum absolute atomic E-state index is 13.9. The summed E-state index contributed by atoms with van der Waals surface area (Å²) >= 11 is 0. The van der Waals surface area contributed by atoms with E-state index in [1.54, 1.807) is 37.4 Å². The fraction of sp³-hybridized carbons (Fsp3) is 0.333. The number of nitrogens with one attached hydrogen (secondary N) is 2. The Morgan fingerprint density at radius 1 is 1.17 bits per heavy atom. The SMILES string of the molecule is C=CCn1c(NC2CCN(CCC(CN(C)C(=O)c3cc(-c4cn[nH]n4)ccc3OC)c3ccc(F)cc3)CC2)nc2ccccc21. The predicted molar refractivity (Wildman–Crippen MR) is 182 cm³/mol. The number of para-hydroxylation sites is 2. The summed E-state index contributed by atoms with van der Waals surface area (Å²) in [5.74, 6) is 0.959. The Morgan fingerprint density at radius 3 is 2.68 bits per heavy atom. The first-order valence-electron chi connectivity index (χ1n) is 16.0. The monoisotopic (exact) mass is 636 g/mol. The summed E-state index contributed by atoms with van der Waals surface area (Å²) in [6.07, 6.45) is 6.34. The zero-order valence-corrected chi connectivity index (χ0v) is 26.9. The van der Waals surface area contributed by atoms with E-state index in [0.717, 1.165) is 67.0 Å². The van der Waals surface area contributed by atoms with Crippen LogP contribution >= 0.6 is 0 Å². The van der Waals surface area contributed by atoms with Gasteiger partial charge in [0.2, 0.25) is 5.95 Å². The molecule has 6 rings (SSSR count). The molecule has 47 heavy (non-hydrogen) atoms. The molecule has 0 aliphatic carbocycles. The van der Waals surface area contributed by atoms with Crippen molar-refractivity contribution in [1.82, 2.24) is 34.8 Å². The molecule has 1 fully saturated rings. The van der Waals surface area contributed by atoms with Gasteiger partial charge in [0.25, 0.3) is 5.91 Å². The summed E-state index contributed by atoms with van der Waals surface area (Å²) in [5, 5.41) is 14.3. The number of fused-ring (bicyclic) bond motifs is 1. The third-order valence-corrected chi connectivity index (χ3v) is 9.00. The molecule has 244 valence electrons. The number of nitrogens with zero attached hydrogens (tertiary/aromatic N) is 6. The molecule has 1 amide bonds. The number of aromatic amines is 1. The second kappa shape index (κ2) is 14.6. The molecule has 5 aromatic rings. The van der Waals surface area contributed by atoms with Gasteiger partial charge in [-0.2, -0.15) is 15.4 Å². The number of anilines is 1. The van der Waals surface area contributed by atoms with E-state index < -0.39 is 0 Å². The van der Waals surface area contributed by atoms with Crippen molar-refractivity contribution in [3.05, 3.63) is 103 Å². The van der Waals surface area contributed by atoms with Gasteiger partial charge in [-0.3, -0.25) is 4.79 Å². The minimum atomic E-state index is -0.275. The molecular formula is C36H41FN8O2. The number of imidazole rings is 1. The number of likely N-dealkylation sites (tertiary alicyclic amines) is 1. The zero-order chi connectivity index (χ0) is 32.8. The first-order chi connectivity index (χ1) is 22.9. The number of methoxy groups -OCH3 is 1. The Balaban J connectivity index is 1.10. The zero-order valence-electron chi connectivity index (χ0n) is 26.9. The standard InChI is InChI=1S/C36H41FN8O2/c1-4-18-45-33-8-6-5-7-31(33)40-36(45)39-29-16-20-44(21-17-29)19-15-27(25-9-12-28(37)13-10-25)24-43(2)35(46)30-22-26(11-14-34(30)47-3)32-23-38-42-41-32/h4-14,22-23,27,29H,1,15-21,24H2,2-3H3,(H,39,40)(H,38,41,42). The number of hydrogen-bond acceptors (Lipinski definition) is 7. The van der Waals surface area contributed by atoms with E-state index in [0.29, 0.717) is 36.1 Å². The number of amides is 1. The molecule has 0 radical (unpaired) electrons. The number of rotatable bonds is 13. The summed E-state index contributed by atoms with van der Waals surface area (Å²) < 4.78 is 21.6. The topological polar surface area (TPSA) is 104 Å². The lowest BCUT2D eigenvalue weighted by atomic mass is 9.93. The van der Waals surface area contributed by atoms with Gasteiger partial charge in [0.05, 0.1) is 29.9 Å². The first kappa shape index (κ1) is 31.9. The third kappa shape index (κ3) is 7.36. The third-order valence-electron chi connectivity index (χ3n) is 9.00. The van der Waals surface area contributed by atoms with Crippen molar-refractivity contribution in [3.8, 4) is 17.0 Å². The van der Waals surface area contributed by atoms with Gasteiger partial charge in [-0.1, -0.05) is 30.3 Å². The lowest BCUT2D eigenvalue weighted by molar-refractivity contribution is 0.0778. The van der Waals surface area contributed by atoms with Crippen LogP contribution in [0.5, 0.6) is 5.75 Å². The number of aromatic nitrogens is 5. The van der Waals surface area contributed by atoms with Gasteiger partial charge in [-0.05, 0) is 73.8 Å². The van der Waals surface area contributed by atoms with Crippen LogP contribution in [0.1, 0.15) is 41.1 Å². The second-order valence-electron chi connectivity index (χ2n) is 12.1. The number of carbonyl (C=O) groups excluding carboxylic acids is 1. The minimum Gasteiger partial charge on any atom is -0.496 e. The number of H-pyrrole nitrogens is 1. The average Bonchev–Trinajstić information content (AvgIpc) is 3.76. The molecule has 1 aliphatic rings. The number of piperidine rings is 1. The molecular weight excluding hydrogens is 595 g/mol. The van der Waals surface area contributed by atoms with Crippen molar-refractivity contribution in [1.29, 1.82) is 0 Å². The number of carbonyl (C=O) groups is 1. The normalized spacial score (nSPS) is 14.6. The van der Waals surface area contributed by atoms with Crippen LogP contribution in [0.15, 0.2) is 85.6 Å². The largest absolute Gasteiger partial charge is 0.496 e. The van der Waals surface area contributed by atoms with E-state index in [-0.39, 0.29) is 17.6 Å². The smallest absolute Gasteiger partial charge is 0.257 e. The van der Waals surface area contributed by atoms with E-state index in [9.17, 15) is 9.18 Å². The molecule has 0 saturated carbocycles. The van der Waals surface area contributed by atoms with E-state index in [2.05, 4.69) is 42.8 Å². The number of allylic oxidation sites excluding steroid dienone is 1. The van der Waals surface area contributed by atoms with E-state index >= 15 is 0 Å². The first-order valence-corrected chi connectivity index (χ1v) is 16.0. The Bertz CT molecular complexity index is 1800. The van der Waals surface area contributed by atoms with Crippen molar-refractivity contribution < 1.29 is 13.9 Å². The molecule has 1 atom stereocenters. The number of halogens is 1. The van der Waals surface area contributed by atoms with Gasteiger partial charge >= 0.3 is 0 Å². The summed E-state index contributed by atoms with van der Waals surface area (Å²) in [4.78, 5) is 22.9. The van der Waals surface area contributed by atoms with Crippen LogP contribution in [0.25, 0.3) is 22.3 Å². The van der Waals surface area contributed by atoms with Crippen molar-refractivity contribution in [2.45, 2.75) is 37.8 Å². The van der Waals surface area contributed by atoms with Crippen LogP contribution in [0.2, 0.25) is 0 Å². The summed E-state index contributed by atoms with van der Waals surface area (Å²) in [6, 6.07) is 20.6. The van der Waals surface area contributed by atoms with Crippen molar-refractivity contribution in [2.75, 3.05) is 45.7 Å². The van der Waals surface area contributed by atoms with Crippen LogP contribution in [0.3, 0.4) is 0 Å². The van der Waals surface area contributed by atoms with E-state index in [1.165, 1.54) is 12.1 Å². The molecule has 10 nitrogen and oxygen atoms in total. The Labute approximate surface area is 274 Å². The Morgan fingerprint density at radius 2 is 1.96 bits per heavy atom. The van der Waals surface area contributed by atoms with Crippen molar-refractivity contribution >= 4 is 22.9 Å². The molecule has 1 aliphatic heterocycles. The van der Waals surface area contributed by atoms with Gasteiger partial charge in [0.15, 0.2) is 0 Å². The van der Waals surface area contributed by atoms with E-state index in [4.69, 9.17) is 9.72 Å². The number of benzene rings is 3. The van der Waals surface area contributed by atoms with Gasteiger partial charge < -0.3 is 24.4 Å². The van der Waals surface area contributed by atoms with Crippen LogP contribution < -0.4 is 10.1 Å². The quantitative estimate of drug-likeness (QED) is 0.153. The van der Waals surface area contributed by atoms with Gasteiger partial charge in [0, 0.05) is 50.7 Å². The highest BCUT2D eigenvalue weighted by molar-refractivity contribution is 5.98. The second-order valence-corrected chi connectivity index (χ2v) is 12.1. The summed E-state index contributed by atoms with van der Waals surface area (Å²) in [7, 11) is 3.36. The van der Waals surface area contributed by atoms with E-state index in [1.807, 2.05) is 42.5 Å². The molecule has 0 spiro atoms. The number of likely N-dealkylation sites (N-methyl/N-ethyl adjacent to an activating group) is 1. The Kier molecular flexibility index (Phi) is 9.92. The van der Waals surface area contributed by atoms with Crippen LogP contribution in [-0.4, -0.2) is 87.0 Å². The molecule has 2 N–H and O–H groups in total. The molecule has 1 unspecified atom stereocenters. The molecule has 3 aromatic carbocycles. The average molecular weight is 637 g/mol. The Hall–Kier alpha value is -5.03. The highest BCUT2D eigenvalue weighted by atomic mass is 19.1. The van der Waals surface area contributed by atoms with Crippen molar-refractivity contribution in [2.24, 2.45) is 0 Å². The summed E-state index contributed by atoms with van der Waals surface area (Å²) in [6.45, 7) is 7.88. The lowest BCUT2D eigenvalue weighted by Crippen LogP contribution is -2.40. The van der Waals surface area contributed by atoms with Gasteiger partial charge in [-0.15, -0.1) is 6.58 Å². The fourth-order valence-electron chi connectivity index (χ4n) is 6.41. The molecule has 1 saturated heterocycles. The number of ether oxygens (including phenoxy) is 1. The highest BCUT2D eigenvalue weighted by Crippen LogP contribution is 2.29. The van der Waals surface area contributed by atoms with Gasteiger partial charge in [0.1, 0.15) is 17.3 Å². The number of hydrogen-bond donors (Lipinski definition) is 2. The summed E-state index contributed by atoms with van der Waals surface area (Å²) in [5.41, 5.74) is 4.94. The highest BCUT2D eigenvalue weighted by Gasteiger charge is 2.25. The fourth-order valence-corrected chi connectivity index (χ4v) is 6.41. The lowest BCUT2D eigenvalue weighted by Gasteiger charge is -2.34.